The van der Waals surface area contributed by atoms with Gasteiger partial charge in [0.1, 0.15) is 10.6 Å². The lowest BCUT2D eigenvalue weighted by Gasteiger charge is -2.34. The number of ether oxygens (including phenoxy) is 1. The number of aryl methyl sites for hydroxylation is 2. The van der Waals surface area contributed by atoms with Crippen LogP contribution < -0.4 is 11.1 Å². The molecule has 0 unspecified atom stereocenters. The zero-order valence-corrected chi connectivity index (χ0v) is 17.8. The lowest BCUT2D eigenvalue weighted by atomic mass is 9.79. The minimum atomic E-state index is -0.589. The molecule has 1 amide bonds. The molecule has 1 aliphatic heterocycles. The molecule has 0 radical (unpaired) electrons. The minimum absolute atomic E-state index is 0.260. The first-order chi connectivity index (χ1) is 14.2. The molecule has 0 saturated carbocycles. The molecular formula is C21H24N4O2S2. The van der Waals surface area contributed by atoms with Gasteiger partial charge in [-0.2, -0.15) is 11.3 Å². The maximum absolute atomic E-state index is 12.3. The van der Waals surface area contributed by atoms with Gasteiger partial charge in [-0.05, 0) is 55.5 Å². The van der Waals surface area contributed by atoms with E-state index >= 15 is 0 Å². The van der Waals surface area contributed by atoms with E-state index in [1.165, 1.54) is 23.3 Å². The molecule has 0 bridgehead atoms. The van der Waals surface area contributed by atoms with Gasteiger partial charge in [-0.1, -0.05) is 0 Å². The lowest BCUT2D eigenvalue weighted by molar-refractivity contribution is -0.132. The van der Waals surface area contributed by atoms with E-state index in [0.29, 0.717) is 32.6 Å². The number of nitrogens with zero attached hydrogens (tertiary/aromatic N) is 2. The zero-order chi connectivity index (χ0) is 19.8. The van der Waals surface area contributed by atoms with Crippen LogP contribution in [-0.2, 0) is 22.4 Å². The quantitative estimate of drug-likeness (QED) is 0.641. The molecule has 4 heterocycles. The molecule has 0 atom stereocenters. The maximum atomic E-state index is 12.3. The third-order valence-corrected chi connectivity index (χ3v) is 8.03. The van der Waals surface area contributed by atoms with E-state index in [0.717, 1.165) is 40.3 Å². The highest BCUT2D eigenvalue weighted by molar-refractivity contribution is 7.19. The van der Waals surface area contributed by atoms with E-state index in [-0.39, 0.29) is 5.91 Å². The Balaban J connectivity index is 1.57. The van der Waals surface area contributed by atoms with E-state index < -0.39 is 5.41 Å². The Morgan fingerprint density at radius 3 is 2.83 bits per heavy atom. The molecule has 8 heteroatoms. The second-order valence-corrected chi connectivity index (χ2v) is 9.77. The van der Waals surface area contributed by atoms with Crippen molar-refractivity contribution in [3.63, 3.8) is 0 Å². The third-order valence-electron chi connectivity index (χ3n) is 6.16. The monoisotopic (exact) mass is 428 g/mol. The van der Waals surface area contributed by atoms with Crippen molar-refractivity contribution in [3.05, 3.63) is 27.3 Å². The summed E-state index contributed by atoms with van der Waals surface area (Å²) >= 11 is 3.43. The Kier molecular flexibility index (Phi) is 5.01. The largest absolute Gasteiger partial charge is 0.381 e. The van der Waals surface area contributed by atoms with Crippen LogP contribution in [0, 0.1) is 5.41 Å². The van der Waals surface area contributed by atoms with Gasteiger partial charge in [-0.3, -0.25) is 4.79 Å². The number of hydrogen-bond acceptors (Lipinski definition) is 7. The molecule has 0 spiro atoms. The van der Waals surface area contributed by atoms with Crippen molar-refractivity contribution in [2.45, 2.75) is 38.5 Å². The van der Waals surface area contributed by atoms with Crippen molar-refractivity contribution in [1.82, 2.24) is 9.97 Å². The van der Waals surface area contributed by atoms with Crippen LogP contribution in [-0.4, -0.2) is 35.6 Å². The molecule has 1 saturated heterocycles. The number of carbonyl (C=O) groups is 1. The molecule has 29 heavy (non-hydrogen) atoms. The Morgan fingerprint density at radius 2 is 2.07 bits per heavy atom. The molecule has 6 nitrogen and oxygen atoms in total. The van der Waals surface area contributed by atoms with Crippen LogP contribution in [0.2, 0.25) is 0 Å². The van der Waals surface area contributed by atoms with Crippen LogP contribution in [0.25, 0.3) is 21.6 Å². The summed E-state index contributed by atoms with van der Waals surface area (Å²) in [7, 11) is 0. The van der Waals surface area contributed by atoms with Gasteiger partial charge in [0.25, 0.3) is 0 Å². The molecule has 2 aliphatic rings. The number of nitrogens with two attached hydrogens (primary N) is 1. The van der Waals surface area contributed by atoms with Crippen LogP contribution in [0.3, 0.4) is 0 Å². The summed E-state index contributed by atoms with van der Waals surface area (Å²) in [5.41, 5.74) is 7.64. The second-order valence-electron chi connectivity index (χ2n) is 7.91. The van der Waals surface area contributed by atoms with Crippen LogP contribution >= 0.6 is 22.7 Å². The van der Waals surface area contributed by atoms with Crippen LogP contribution in [0.5, 0.6) is 0 Å². The van der Waals surface area contributed by atoms with Crippen LogP contribution in [0.4, 0.5) is 5.82 Å². The van der Waals surface area contributed by atoms with Gasteiger partial charge in [0.2, 0.25) is 5.91 Å². The van der Waals surface area contributed by atoms with E-state index in [9.17, 15) is 4.79 Å². The molecule has 5 rings (SSSR count). The standard InChI is InChI=1S/C21H24N4O2S2/c22-20(26)21(6-8-27-9-7-21)12-23-18-16-14-3-1-2-4-15(14)29-19(16)25-17(24-18)13-5-10-28-11-13/h5,10-11H,1-4,6-9,12H2,(H2,22,26)(H,23,24,25). The summed E-state index contributed by atoms with van der Waals surface area (Å²) in [4.78, 5) is 24.6. The Hall–Kier alpha value is -2.03. The van der Waals surface area contributed by atoms with Gasteiger partial charge in [0.15, 0.2) is 5.82 Å². The third kappa shape index (κ3) is 3.43. The summed E-state index contributed by atoms with van der Waals surface area (Å²) in [5.74, 6) is 1.31. The Morgan fingerprint density at radius 1 is 1.24 bits per heavy atom. The zero-order valence-electron chi connectivity index (χ0n) is 16.2. The maximum Gasteiger partial charge on any atom is 0.225 e. The first-order valence-electron chi connectivity index (χ1n) is 10.1. The second kappa shape index (κ2) is 7.66. The van der Waals surface area contributed by atoms with E-state index in [1.807, 2.05) is 11.4 Å². The number of anilines is 1. The number of primary amides is 1. The summed E-state index contributed by atoms with van der Waals surface area (Å²) < 4.78 is 5.47. The number of thiophene rings is 2. The number of fused-ring (bicyclic) bond motifs is 3. The fourth-order valence-electron chi connectivity index (χ4n) is 4.33. The molecule has 0 aromatic carbocycles. The van der Waals surface area contributed by atoms with Gasteiger partial charge in [-0.15, -0.1) is 11.3 Å². The molecule has 152 valence electrons. The molecule has 3 aromatic rings. The topological polar surface area (TPSA) is 90.1 Å². The number of aromatic nitrogens is 2. The SMILES string of the molecule is NC(=O)C1(CNc2nc(-c3ccsc3)nc3sc4c(c23)CCCC4)CCOCC1. The average Bonchev–Trinajstić information content (AvgIpc) is 3.40. The average molecular weight is 429 g/mol. The Labute approximate surface area is 177 Å². The first kappa shape index (κ1) is 19.0. The van der Waals surface area contributed by atoms with Crippen molar-refractivity contribution in [2.24, 2.45) is 11.1 Å². The lowest BCUT2D eigenvalue weighted by Crippen LogP contribution is -2.46. The van der Waals surface area contributed by atoms with E-state index in [2.05, 4.69) is 10.7 Å². The smallest absolute Gasteiger partial charge is 0.225 e. The predicted molar refractivity (Wildman–Crippen MR) is 118 cm³/mol. The number of nitrogens with one attached hydrogen (secondary N) is 1. The van der Waals surface area contributed by atoms with Gasteiger partial charge < -0.3 is 15.8 Å². The number of amides is 1. The minimum Gasteiger partial charge on any atom is -0.381 e. The van der Waals surface area contributed by atoms with E-state index in [1.54, 1.807) is 22.7 Å². The fraction of sp³-hybridized carbons (Fsp3) is 0.476. The van der Waals surface area contributed by atoms with Crippen molar-refractivity contribution in [2.75, 3.05) is 25.1 Å². The van der Waals surface area contributed by atoms with Gasteiger partial charge in [0.05, 0.1) is 10.8 Å². The van der Waals surface area contributed by atoms with Gasteiger partial charge in [-0.25, -0.2) is 9.97 Å². The summed E-state index contributed by atoms with van der Waals surface area (Å²) in [6.07, 6.45) is 5.91. The molecule has 1 aliphatic carbocycles. The molecule has 3 N–H and O–H groups in total. The number of hydrogen-bond donors (Lipinski definition) is 2. The van der Waals surface area contributed by atoms with Crippen molar-refractivity contribution in [3.8, 4) is 11.4 Å². The first-order valence-corrected chi connectivity index (χ1v) is 11.9. The van der Waals surface area contributed by atoms with Crippen molar-refractivity contribution >= 4 is 44.6 Å². The number of carbonyl (C=O) groups excluding carboxylic acids is 1. The highest BCUT2D eigenvalue weighted by Gasteiger charge is 2.38. The van der Waals surface area contributed by atoms with Crippen molar-refractivity contribution in [1.29, 1.82) is 0 Å². The fourth-order valence-corrected chi connectivity index (χ4v) is 6.23. The number of rotatable bonds is 5. The van der Waals surface area contributed by atoms with E-state index in [4.69, 9.17) is 20.4 Å². The summed E-state index contributed by atoms with van der Waals surface area (Å²) in [6, 6.07) is 2.05. The summed E-state index contributed by atoms with van der Waals surface area (Å²) in [5, 5.41) is 8.77. The highest BCUT2D eigenvalue weighted by Crippen LogP contribution is 2.40. The highest BCUT2D eigenvalue weighted by atomic mass is 32.1. The van der Waals surface area contributed by atoms with Gasteiger partial charge in [0, 0.05) is 35.6 Å². The van der Waals surface area contributed by atoms with Crippen LogP contribution in [0.1, 0.15) is 36.1 Å². The molecular weight excluding hydrogens is 404 g/mol. The van der Waals surface area contributed by atoms with Crippen molar-refractivity contribution < 1.29 is 9.53 Å². The summed E-state index contributed by atoms with van der Waals surface area (Å²) in [6.45, 7) is 1.61. The molecule has 1 fully saturated rings. The molecule has 3 aromatic heterocycles. The van der Waals surface area contributed by atoms with Crippen LogP contribution in [0.15, 0.2) is 16.8 Å². The van der Waals surface area contributed by atoms with Gasteiger partial charge >= 0.3 is 0 Å². The predicted octanol–water partition coefficient (Wildman–Crippen LogP) is 3.99. The Bertz CT molecular complexity index is 1040. The normalized spacial score (nSPS) is 18.5.